The predicted molar refractivity (Wildman–Crippen MR) is 156 cm³/mol. The van der Waals surface area contributed by atoms with Gasteiger partial charge >= 0.3 is 0 Å². The quantitative estimate of drug-likeness (QED) is 0.339. The molecule has 0 bridgehead atoms. The Morgan fingerprint density at radius 2 is 1.60 bits per heavy atom. The van der Waals surface area contributed by atoms with Crippen molar-refractivity contribution in [2.45, 2.75) is 32.6 Å². The van der Waals surface area contributed by atoms with Crippen molar-refractivity contribution >= 4 is 34.8 Å². The molecule has 3 aliphatic carbocycles. The van der Waals surface area contributed by atoms with Crippen molar-refractivity contribution in [2.24, 2.45) is 17.8 Å². The van der Waals surface area contributed by atoms with E-state index in [0.29, 0.717) is 47.6 Å². The van der Waals surface area contributed by atoms with Gasteiger partial charge in [0.1, 0.15) is 5.75 Å². The number of benzene rings is 2. The number of anilines is 2. The van der Waals surface area contributed by atoms with Crippen molar-refractivity contribution < 1.29 is 29.0 Å². The predicted octanol–water partition coefficient (Wildman–Crippen LogP) is 4.17. The fraction of sp³-hybridized carbons (Fsp3) is 0.353. The minimum atomic E-state index is -0.625. The second kappa shape index (κ2) is 9.91. The normalized spacial score (nSPS) is 27.5. The number of aromatic hydroxyl groups is 1. The summed E-state index contributed by atoms with van der Waals surface area (Å²) < 4.78 is 5.45. The van der Waals surface area contributed by atoms with Crippen molar-refractivity contribution in [1.82, 2.24) is 0 Å². The lowest BCUT2D eigenvalue weighted by Crippen LogP contribution is -2.39. The van der Waals surface area contributed by atoms with Crippen molar-refractivity contribution in [3.63, 3.8) is 0 Å². The number of rotatable bonds is 3. The molecule has 2 fully saturated rings. The van der Waals surface area contributed by atoms with Crippen LogP contribution < -0.4 is 9.80 Å². The molecule has 1 N–H and O–H groups in total. The highest BCUT2D eigenvalue weighted by Gasteiger charge is 2.56. The van der Waals surface area contributed by atoms with E-state index in [1.807, 2.05) is 36.4 Å². The second-order valence-electron chi connectivity index (χ2n) is 11.9. The molecule has 2 aliphatic heterocycles. The molecule has 0 radical (unpaired) electrons. The fourth-order valence-electron chi connectivity index (χ4n) is 7.51. The maximum atomic E-state index is 14.1. The van der Waals surface area contributed by atoms with E-state index in [-0.39, 0.29) is 35.6 Å². The summed E-state index contributed by atoms with van der Waals surface area (Å²) in [4.78, 5) is 58.3. The second-order valence-corrected chi connectivity index (χ2v) is 11.9. The van der Waals surface area contributed by atoms with Gasteiger partial charge in [-0.1, -0.05) is 23.8 Å². The SMILES string of the molecule is CC1=CC(=O)C2=C(CC3C(=CCC4C(=O)N(c5ccc(N6CCOCC6)cc5)C(=O)C43)C2c2ccc(O)c(C)c2)C1=O. The molecule has 5 aliphatic rings. The largest absolute Gasteiger partial charge is 0.508 e. The molecular formula is C34H32N2O6. The highest BCUT2D eigenvalue weighted by molar-refractivity contribution is 6.25. The number of allylic oxidation sites excluding steroid dienone is 6. The maximum absolute atomic E-state index is 14.1. The molecular weight excluding hydrogens is 532 g/mol. The summed E-state index contributed by atoms with van der Waals surface area (Å²) in [6.07, 6.45) is 4.05. The number of phenols is 1. The van der Waals surface area contributed by atoms with Crippen molar-refractivity contribution in [3.05, 3.63) is 88.0 Å². The Morgan fingerprint density at radius 1 is 0.881 bits per heavy atom. The Hall–Kier alpha value is -4.30. The van der Waals surface area contributed by atoms with Crippen LogP contribution in [-0.2, 0) is 23.9 Å². The number of Topliss-reactive ketones (excluding diaryl/α,β-unsaturated/α-hetero) is 1. The molecule has 2 amide bonds. The number of amides is 2. The smallest absolute Gasteiger partial charge is 0.238 e. The molecule has 8 heteroatoms. The van der Waals surface area contributed by atoms with Crippen LogP contribution in [0.5, 0.6) is 5.75 Å². The lowest BCUT2D eigenvalue weighted by atomic mass is 9.59. The Bertz CT molecular complexity index is 1640. The van der Waals surface area contributed by atoms with E-state index in [0.717, 1.165) is 29.9 Å². The van der Waals surface area contributed by atoms with Crippen molar-refractivity contribution in [2.75, 3.05) is 36.1 Å². The number of hydrogen-bond donors (Lipinski definition) is 1. The number of carbonyl (C=O) groups is 4. The summed E-state index contributed by atoms with van der Waals surface area (Å²) in [6, 6.07) is 12.8. The van der Waals surface area contributed by atoms with E-state index in [1.54, 1.807) is 26.0 Å². The molecule has 0 aromatic heterocycles. The number of ketones is 2. The number of fused-ring (bicyclic) bond motifs is 3. The van der Waals surface area contributed by atoms with Gasteiger partial charge in [-0.25, -0.2) is 0 Å². The number of carbonyl (C=O) groups excluding carboxylic acids is 4. The maximum Gasteiger partial charge on any atom is 0.238 e. The van der Waals surface area contributed by atoms with E-state index in [9.17, 15) is 24.3 Å². The van der Waals surface area contributed by atoms with Crippen LogP contribution in [0.3, 0.4) is 0 Å². The van der Waals surface area contributed by atoms with Crippen LogP contribution in [0.15, 0.2) is 76.9 Å². The minimum absolute atomic E-state index is 0.145. The van der Waals surface area contributed by atoms with Crippen LogP contribution in [0.1, 0.15) is 36.8 Å². The molecule has 2 heterocycles. The van der Waals surface area contributed by atoms with Crippen LogP contribution in [-0.4, -0.2) is 54.8 Å². The average Bonchev–Trinajstić information content (AvgIpc) is 3.26. The third kappa shape index (κ3) is 4.00. The Kier molecular flexibility index (Phi) is 6.27. The first kappa shape index (κ1) is 26.6. The van der Waals surface area contributed by atoms with Gasteiger partial charge in [0.15, 0.2) is 11.6 Å². The van der Waals surface area contributed by atoms with Gasteiger partial charge in [-0.3, -0.25) is 24.1 Å². The molecule has 8 nitrogen and oxygen atoms in total. The lowest BCUT2D eigenvalue weighted by molar-refractivity contribution is -0.123. The molecule has 2 saturated heterocycles. The zero-order chi connectivity index (χ0) is 29.3. The summed E-state index contributed by atoms with van der Waals surface area (Å²) in [5, 5.41) is 10.2. The van der Waals surface area contributed by atoms with Gasteiger partial charge in [-0.2, -0.15) is 0 Å². The first-order chi connectivity index (χ1) is 20.2. The van der Waals surface area contributed by atoms with Gasteiger partial charge in [-0.15, -0.1) is 0 Å². The van der Waals surface area contributed by atoms with Crippen LogP contribution in [0, 0.1) is 24.7 Å². The molecule has 214 valence electrons. The van der Waals surface area contributed by atoms with Crippen LogP contribution >= 0.6 is 0 Å². The number of aryl methyl sites for hydroxylation is 1. The number of morpholine rings is 1. The van der Waals surface area contributed by atoms with E-state index in [1.165, 1.54) is 11.0 Å². The van der Waals surface area contributed by atoms with Gasteiger partial charge in [0.2, 0.25) is 11.8 Å². The van der Waals surface area contributed by atoms with Crippen LogP contribution in [0.2, 0.25) is 0 Å². The number of phenolic OH excluding ortho intramolecular Hbond substituents is 1. The van der Waals surface area contributed by atoms with Gasteiger partial charge < -0.3 is 14.7 Å². The molecule has 42 heavy (non-hydrogen) atoms. The number of imide groups is 1. The number of ether oxygens (including phenoxy) is 1. The molecule has 7 rings (SSSR count). The van der Waals surface area contributed by atoms with E-state index >= 15 is 0 Å². The standard InChI is InChI=1S/C34H32N2O6/c1-18-15-20(3-10-27(18)37)29-23-8-9-24-30(25(23)17-26-31(29)28(38)16-19(2)32(26)39)34(41)36(33(24)40)22-6-4-21(5-7-22)35-11-13-42-14-12-35/h3-8,10,15-16,24-25,29-30,37H,9,11-14,17H2,1-2H3. The third-order valence-electron chi connectivity index (χ3n) is 9.60. The molecule has 4 unspecified atom stereocenters. The summed E-state index contributed by atoms with van der Waals surface area (Å²) in [7, 11) is 0. The first-order valence-electron chi connectivity index (χ1n) is 14.5. The van der Waals surface area contributed by atoms with Gasteiger partial charge in [0, 0.05) is 41.4 Å². The first-order valence-corrected chi connectivity index (χ1v) is 14.5. The minimum Gasteiger partial charge on any atom is -0.508 e. The Labute approximate surface area is 243 Å². The summed E-state index contributed by atoms with van der Waals surface area (Å²) in [5.74, 6) is -2.78. The topological polar surface area (TPSA) is 104 Å². The average molecular weight is 565 g/mol. The van der Waals surface area contributed by atoms with Gasteiger partial charge in [-0.05, 0) is 80.1 Å². The molecule has 4 atom stereocenters. The van der Waals surface area contributed by atoms with E-state index < -0.39 is 23.7 Å². The fourth-order valence-corrected chi connectivity index (χ4v) is 7.51. The monoisotopic (exact) mass is 564 g/mol. The van der Waals surface area contributed by atoms with E-state index in [2.05, 4.69) is 4.90 Å². The highest BCUT2D eigenvalue weighted by Crippen LogP contribution is 2.55. The molecule has 0 spiro atoms. The van der Waals surface area contributed by atoms with Crippen molar-refractivity contribution in [3.8, 4) is 5.75 Å². The Balaban J connectivity index is 1.27. The van der Waals surface area contributed by atoms with Crippen molar-refractivity contribution in [1.29, 1.82) is 0 Å². The highest BCUT2D eigenvalue weighted by atomic mass is 16.5. The van der Waals surface area contributed by atoms with E-state index in [4.69, 9.17) is 4.74 Å². The molecule has 0 saturated carbocycles. The van der Waals surface area contributed by atoms with Crippen LogP contribution in [0.4, 0.5) is 11.4 Å². The lowest BCUT2D eigenvalue weighted by Gasteiger charge is -2.42. The van der Waals surface area contributed by atoms with Gasteiger partial charge in [0.25, 0.3) is 0 Å². The summed E-state index contributed by atoms with van der Waals surface area (Å²) in [6.45, 7) is 6.34. The molecule has 2 aromatic rings. The van der Waals surface area contributed by atoms with Crippen LogP contribution in [0.25, 0.3) is 0 Å². The zero-order valence-corrected chi connectivity index (χ0v) is 23.6. The summed E-state index contributed by atoms with van der Waals surface area (Å²) >= 11 is 0. The molecule has 2 aromatic carbocycles. The number of nitrogens with zero attached hydrogens (tertiary/aromatic N) is 2. The summed E-state index contributed by atoms with van der Waals surface area (Å²) in [5.41, 5.74) is 5.18. The number of hydrogen-bond acceptors (Lipinski definition) is 7. The Morgan fingerprint density at radius 3 is 2.31 bits per heavy atom. The van der Waals surface area contributed by atoms with Gasteiger partial charge in [0.05, 0.1) is 30.7 Å². The third-order valence-corrected chi connectivity index (χ3v) is 9.60. The zero-order valence-electron chi connectivity index (χ0n) is 23.6.